The van der Waals surface area contributed by atoms with E-state index in [1.807, 2.05) is 0 Å². The summed E-state index contributed by atoms with van der Waals surface area (Å²) in [5.74, 6) is -0.0227. The summed E-state index contributed by atoms with van der Waals surface area (Å²) >= 11 is 3.10. The van der Waals surface area contributed by atoms with Crippen LogP contribution >= 0.6 is 15.9 Å². The number of nitrogens with one attached hydrogen (secondary N) is 2. The minimum absolute atomic E-state index is 0.295. The lowest BCUT2D eigenvalue weighted by molar-refractivity contribution is 0.102. The van der Waals surface area contributed by atoms with Crippen LogP contribution in [0.2, 0.25) is 0 Å². The van der Waals surface area contributed by atoms with Gasteiger partial charge in [0.2, 0.25) is 5.95 Å². The lowest BCUT2D eigenvalue weighted by Gasteiger charge is -1.97. The summed E-state index contributed by atoms with van der Waals surface area (Å²) < 4.78 is 5.30. The number of anilines is 1. The second kappa shape index (κ2) is 3.62. The number of H-pyrrole nitrogens is 1. The summed E-state index contributed by atoms with van der Waals surface area (Å²) in [6.45, 7) is 0. The summed E-state index contributed by atoms with van der Waals surface area (Å²) in [5.41, 5.74) is 0.404. The molecule has 72 valence electrons. The number of halogens is 1. The zero-order chi connectivity index (χ0) is 9.97. The van der Waals surface area contributed by atoms with Crippen molar-refractivity contribution in [1.29, 1.82) is 0 Å². The van der Waals surface area contributed by atoms with E-state index in [0.717, 1.165) is 0 Å². The predicted octanol–water partition coefficient (Wildman–Crippen LogP) is 1.41. The summed E-state index contributed by atoms with van der Waals surface area (Å²) in [6.07, 6.45) is 2.72. The van der Waals surface area contributed by atoms with Gasteiger partial charge in [-0.25, -0.2) is 5.10 Å². The van der Waals surface area contributed by atoms with Crippen molar-refractivity contribution in [1.82, 2.24) is 15.2 Å². The third-order valence-electron chi connectivity index (χ3n) is 1.51. The number of carbonyl (C=O) groups is 1. The average Bonchev–Trinajstić information content (AvgIpc) is 2.75. The smallest absolute Gasteiger partial charge is 0.262 e. The Morgan fingerprint density at radius 2 is 2.50 bits per heavy atom. The number of furan rings is 1. The number of rotatable bonds is 2. The highest BCUT2D eigenvalue weighted by molar-refractivity contribution is 9.10. The number of nitrogens with zero attached hydrogens (tertiary/aromatic N) is 2. The summed E-state index contributed by atoms with van der Waals surface area (Å²) in [7, 11) is 0. The quantitative estimate of drug-likeness (QED) is 0.851. The molecule has 0 aliphatic heterocycles. The van der Waals surface area contributed by atoms with Crippen LogP contribution in [0.4, 0.5) is 5.95 Å². The van der Waals surface area contributed by atoms with Gasteiger partial charge in [-0.1, -0.05) is 0 Å². The van der Waals surface area contributed by atoms with Crippen molar-refractivity contribution >= 4 is 27.8 Å². The van der Waals surface area contributed by atoms with Crippen LogP contribution in [0.1, 0.15) is 10.4 Å². The van der Waals surface area contributed by atoms with Crippen molar-refractivity contribution in [3.8, 4) is 0 Å². The number of aromatic nitrogens is 3. The minimum atomic E-state index is -0.317. The maximum atomic E-state index is 11.5. The monoisotopic (exact) mass is 256 g/mol. The highest BCUT2D eigenvalue weighted by Crippen LogP contribution is 2.18. The van der Waals surface area contributed by atoms with Crippen LogP contribution in [-0.4, -0.2) is 21.1 Å². The van der Waals surface area contributed by atoms with Gasteiger partial charge in [0.1, 0.15) is 6.33 Å². The Morgan fingerprint density at radius 3 is 3.07 bits per heavy atom. The first-order valence-electron chi connectivity index (χ1n) is 3.67. The molecule has 0 aliphatic carbocycles. The molecule has 2 heterocycles. The van der Waals surface area contributed by atoms with Gasteiger partial charge in [0.05, 0.1) is 11.8 Å². The SMILES string of the molecule is O=C(Nc1ncn[nH]1)c1ccoc1Br. The van der Waals surface area contributed by atoms with Gasteiger partial charge in [0.15, 0.2) is 4.67 Å². The third kappa shape index (κ3) is 1.67. The van der Waals surface area contributed by atoms with E-state index < -0.39 is 0 Å². The molecule has 0 bridgehead atoms. The molecule has 6 nitrogen and oxygen atoms in total. The lowest BCUT2D eigenvalue weighted by Crippen LogP contribution is -2.12. The van der Waals surface area contributed by atoms with Gasteiger partial charge < -0.3 is 4.42 Å². The predicted molar refractivity (Wildman–Crippen MR) is 50.7 cm³/mol. The molecular formula is C7H5BrN4O2. The molecule has 0 spiro atoms. The number of amides is 1. The average molecular weight is 257 g/mol. The van der Waals surface area contributed by atoms with E-state index in [1.165, 1.54) is 12.6 Å². The highest BCUT2D eigenvalue weighted by Gasteiger charge is 2.13. The van der Waals surface area contributed by atoms with Crippen LogP contribution in [0.15, 0.2) is 27.7 Å². The van der Waals surface area contributed by atoms with Gasteiger partial charge in [-0.2, -0.15) is 10.1 Å². The number of aromatic amines is 1. The number of hydrogen-bond acceptors (Lipinski definition) is 4. The third-order valence-corrected chi connectivity index (χ3v) is 2.12. The first-order valence-corrected chi connectivity index (χ1v) is 4.46. The van der Waals surface area contributed by atoms with E-state index in [4.69, 9.17) is 4.42 Å². The van der Waals surface area contributed by atoms with Crippen LogP contribution in [0.25, 0.3) is 0 Å². The summed E-state index contributed by atoms with van der Waals surface area (Å²) in [5, 5.41) is 8.61. The molecule has 0 aliphatic rings. The second-order valence-electron chi connectivity index (χ2n) is 2.40. The van der Waals surface area contributed by atoms with Gasteiger partial charge in [-0.05, 0) is 22.0 Å². The molecule has 0 aromatic carbocycles. The summed E-state index contributed by atoms with van der Waals surface area (Å²) in [4.78, 5) is 15.3. The maximum absolute atomic E-state index is 11.5. The lowest BCUT2D eigenvalue weighted by atomic mass is 10.3. The fourth-order valence-corrected chi connectivity index (χ4v) is 1.32. The molecule has 14 heavy (non-hydrogen) atoms. The highest BCUT2D eigenvalue weighted by atomic mass is 79.9. The van der Waals surface area contributed by atoms with Gasteiger partial charge >= 0.3 is 0 Å². The van der Waals surface area contributed by atoms with E-state index >= 15 is 0 Å². The number of carbonyl (C=O) groups excluding carboxylic acids is 1. The fraction of sp³-hybridized carbons (Fsp3) is 0. The van der Waals surface area contributed by atoms with Crippen LogP contribution in [-0.2, 0) is 0 Å². The Balaban J connectivity index is 2.14. The normalized spacial score (nSPS) is 10.1. The van der Waals surface area contributed by atoms with E-state index in [9.17, 15) is 4.79 Å². The maximum Gasteiger partial charge on any atom is 0.262 e. The first-order chi connectivity index (χ1) is 6.77. The molecule has 0 saturated carbocycles. The molecule has 2 N–H and O–H groups in total. The molecule has 0 fully saturated rings. The van der Waals surface area contributed by atoms with E-state index in [-0.39, 0.29) is 5.91 Å². The molecule has 0 saturated heterocycles. The van der Waals surface area contributed by atoms with Crippen molar-refractivity contribution < 1.29 is 9.21 Å². The van der Waals surface area contributed by atoms with E-state index in [2.05, 4.69) is 36.4 Å². The van der Waals surface area contributed by atoms with Crippen LogP contribution < -0.4 is 5.32 Å². The molecule has 0 unspecified atom stereocenters. The van der Waals surface area contributed by atoms with Gasteiger partial charge in [-0.15, -0.1) is 0 Å². The van der Waals surface area contributed by atoms with Crippen LogP contribution in [0, 0.1) is 0 Å². The Kier molecular flexibility index (Phi) is 2.32. The molecule has 0 atom stereocenters. The van der Waals surface area contributed by atoms with E-state index in [0.29, 0.717) is 16.2 Å². The zero-order valence-corrected chi connectivity index (χ0v) is 8.41. The molecule has 2 aromatic rings. The first kappa shape index (κ1) is 8.95. The van der Waals surface area contributed by atoms with Gasteiger partial charge in [0.25, 0.3) is 5.91 Å². The van der Waals surface area contributed by atoms with Crippen molar-refractivity contribution in [2.24, 2.45) is 0 Å². The van der Waals surface area contributed by atoms with E-state index in [1.54, 1.807) is 6.07 Å². The second-order valence-corrected chi connectivity index (χ2v) is 3.12. The molecule has 7 heteroatoms. The largest absolute Gasteiger partial charge is 0.457 e. The Morgan fingerprint density at radius 1 is 1.64 bits per heavy atom. The molecule has 1 amide bonds. The van der Waals surface area contributed by atoms with Gasteiger partial charge in [0, 0.05) is 0 Å². The molecular weight excluding hydrogens is 252 g/mol. The standard InChI is InChI=1S/C7H5BrN4O2/c8-5-4(1-2-14-5)6(13)11-7-9-3-10-12-7/h1-3H,(H2,9,10,11,12,13). The van der Waals surface area contributed by atoms with Gasteiger partial charge in [-0.3, -0.25) is 10.1 Å². The van der Waals surface area contributed by atoms with Crippen molar-refractivity contribution in [3.63, 3.8) is 0 Å². The van der Waals surface area contributed by atoms with Crippen LogP contribution in [0.5, 0.6) is 0 Å². The fourth-order valence-electron chi connectivity index (χ4n) is 0.896. The van der Waals surface area contributed by atoms with Crippen molar-refractivity contribution in [2.45, 2.75) is 0 Å². The number of hydrogen-bond donors (Lipinski definition) is 2. The van der Waals surface area contributed by atoms with Crippen molar-refractivity contribution in [2.75, 3.05) is 5.32 Å². The zero-order valence-electron chi connectivity index (χ0n) is 6.82. The molecule has 2 aromatic heterocycles. The minimum Gasteiger partial charge on any atom is -0.457 e. The topological polar surface area (TPSA) is 83.8 Å². The Bertz CT molecular complexity index is 436. The van der Waals surface area contributed by atoms with Crippen LogP contribution in [0.3, 0.4) is 0 Å². The Labute approximate surface area is 86.8 Å². The Hall–Kier alpha value is -1.63. The van der Waals surface area contributed by atoms with Crippen molar-refractivity contribution in [3.05, 3.63) is 28.9 Å². The summed E-state index contributed by atoms with van der Waals surface area (Å²) in [6, 6.07) is 1.55. The molecule has 0 radical (unpaired) electrons. The molecule has 2 rings (SSSR count).